The summed E-state index contributed by atoms with van der Waals surface area (Å²) in [5.74, 6) is -0.296. The Kier molecular flexibility index (Phi) is 5.34. The predicted molar refractivity (Wildman–Crippen MR) is 67.6 cm³/mol. The summed E-state index contributed by atoms with van der Waals surface area (Å²) in [6, 6.07) is 9.19. The Morgan fingerprint density at radius 1 is 1.26 bits per heavy atom. The van der Waals surface area contributed by atoms with Crippen molar-refractivity contribution in [2.75, 3.05) is 13.1 Å². The van der Waals surface area contributed by atoms with Crippen LogP contribution in [-0.4, -0.2) is 35.0 Å². The summed E-state index contributed by atoms with van der Waals surface area (Å²) in [5.41, 5.74) is 6.57. The SMILES string of the molecule is N#CCN(CC#N)C(=O)[C@H](N)Cc1ccc(O)cc1. The molecule has 6 nitrogen and oxygen atoms in total. The van der Waals surface area contributed by atoms with Gasteiger partial charge in [0.2, 0.25) is 5.91 Å². The van der Waals surface area contributed by atoms with Gasteiger partial charge in [-0.3, -0.25) is 4.79 Å². The summed E-state index contributed by atoms with van der Waals surface area (Å²) in [7, 11) is 0. The van der Waals surface area contributed by atoms with E-state index < -0.39 is 11.9 Å². The molecule has 0 bridgehead atoms. The van der Waals surface area contributed by atoms with Crippen LogP contribution >= 0.6 is 0 Å². The molecule has 0 saturated heterocycles. The minimum Gasteiger partial charge on any atom is -0.508 e. The van der Waals surface area contributed by atoms with Gasteiger partial charge in [0.15, 0.2) is 0 Å². The van der Waals surface area contributed by atoms with Crippen molar-refractivity contribution in [2.24, 2.45) is 5.73 Å². The fourth-order valence-electron chi connectivity index (χ4n) is 1.59. The lowest BCUT2D eigenvalue weighted by Crippen LogP contribution is -2.45. The van der Waals surface area contributed by atoms with E-state index in [0.717, 1.165) is 10.5 Å². The van der Waals surface area contributed by atoms with Gasteiger partial charge in [-0.15, -0.1) is 0 Å². The second-order valence-corrected chi connectivity index (χ2v) is 3.99. The van der Waals surface area contributed by atoms with Crippen LogP contribution in [0.3, 0.4) is 0 Å². The van der Waals surface area contributed by atoms with Crippen LogP contribution in [0.1, 0.15) is 5.56 Å². The maximum atomic E-state index is 11.9. The second-order valence-electron chi connectivity index (χ2n) is 3.99. The van der Waals surface area contributed by atoms with Crippen LogP contribution in [0.4, 0.5) is 0 Å². The summed E-state index contributed by atoms with van der Waals surface area (Å²) in [6.07, 6.45) is 0.284. The zero-order chi connectivity index (χ0) is 14.3. The molecule has 1 aromatic rings. The predicted octanol–water partition coefficient (Wildman–Crippen LogP) is 0.138. The molecule has 0 spiro atoms. The van der Waals surface area contributed by atoms with E-state index >= 15 is 0 Å². The number of rotatable bonds is 5. The smallest absolute Gasteiger partial charge is 0.241 e. The van der Waals surface area contributed by atoms with Crippen molar-refractivity contribution in [3.05, 3.63) is 29.8 Å². The number of carbonyl (C=O) groups is 1. The van der Waals surface area contributed by atoms with Crippen molar-refractivity contribution in [3.8, 4) is 17.9 Å². The molecule has 0 aliphatic rings. The van der Waals surface area contributed by atoms with E-state index in [1.165, 1.54) is 12.1 Å². The fraction of sp³-hybridized carbons (Fsp3) is 0.308. The summed E-state index contributed by atoms with van der Waals surface area (Å²) in [6.45, 7) is -0.314. The lowest BCUT2D eigenvalue weighted by molar-refractivity contribution is -0.131. The van der Waals surface area contributed by atoms with Crippen molar-refractivity contribution in [2.45, 2.75) is 12.5 Å². The number of nitrogens with zero attached hydrogens (tertiary/aromatic N) is 3. The minimum absolute atomic E-state index is 0.138. The Labute approximate surface area is 111 Å². The summed E-state index contributed by atoms with van der Waals surface area (Å²) >= 11 is 0. The highest BCUT2D eigenvalue weighted by Gasteiger charge is 2.20. The van der Waals surface area contributed by atoms with E-state index in [-0.39, 0.29) is 25.3 Å². The Hall–Kier alpha value is -2.57. The Balaban J connectivity index is 2.68. The number of hydrogen-bond donors (Lipinski definition) is 2. The highest BCUT2D eigenvalue weighted by Crippen LogP contribution is 2.11. The number of carbonyl (C=O) groups excluding carboxylic acids is 1. The molecule has 0 fully saturated rings. The molecule has 0 radical (unpaired) electrons. The van der Waals surface area contributed by atoms with Crippen molar-refractivity contribution in [3.63, 3.8) is 0 Å². The molecule has 1 atom stereocenters. The normalized spacial score (nSPS) is 11.1. The molecule has 1 amide bonds. The minimum atomic E-state index is -0.814. The van der Waals surface area contributed by atoms with E-state index in [9.17, 15) is 4.79 Å². The van der Waals surface area contributed by atoms with Crippen LogP contribution in [0.5, 0.6) is 5.75 Å². The molecular weight excluding hydrogens is 244 g/mol. The number of hydrogen-bond acceptors (Lipinski definition) is 5. The molecule has 6 heteroatoms. The first kappa shape index (κ1) is 14.5. The van der Waals surface area contributed by atoms with Crippen LogP contribution in [0, 0.1) is 22.7 Å². The van der Waals surface area contributed by atoms with Gasteiger partial charge >= 0.3 is 0 Å². The van der Waals surface area contributed by atoms with Crippen LogP contribution in [0.25, 0.3) is 0 Å². The molecule has 0 aromatic heterocycles. The third-order valence-electron chi connectivity index (χ3n) is 2.54. The average Bonchev–Trinajstić information content (AvgIpc) is 2.40. The lowest BCUT2D eigenvalue weighted by atomic mass is 10.1. The molecule has 3 N–H and O–H groups in total. The molecule has 0 unspecified atom stereocenters. The first-order valence-electron chi connectivity index (χ1n) is 5.64. The number of phenolic OH excluding ortho intramolecular Hbond substituents is 1. The molecule has 0 heterocycles. The quantitative estimate of drug-likeness (QED) is 0.729. The standard InChI is InChI=1S/C13H14N4O2/c14-5-7-17(8-6-15)13(19)12(16)9-10-1-3-11(18)4-2-10/h1-4,12,18H,7-9,16H2/t12-/m1/s1. The van der Waals surface area contributed by atoms with Crippen LogP contribution in [-0.2, 0) is 11.2 Å². The second kappa shape index (κ2) is 7.00. The number of nitrogens with two attached hydrogens (primary N) is 1. The van der Waals surface area contributed by atoms with Crippen LogP contribution < -0.4 is 5.73 Å². The largest absolute Gasteiger partial charge is 0.508 e. The zero-order valence-electron chi connectivity index (χ0n) is 10.3. The summed E-state index contributed by atoms with van der Waals surface area (Å²) < 4.78 is 0. The fourth-order valence-corrected chi connectivity index (χ4v) is 1.59. The van der Waals surface area contributed by atoms with E-state index in [1.807, 2.05) is 12.1 Å². The molecule has 0 aliphatic carbocycles. The molecule has 19 heavy (non-hydrogen) atoms. The zero-order valence-corrected chi connectivity index (χ0v) is 10.3. The first-order valence-corrected chi connectivity index (χ1v) is 5.64. The molecule has 0 saturated carbocycles. The van der Waals surface area contributed by atoms with E-state index in [0.29, 0.717) is 0 Å². The van der Waals surface area contributed by atoms with E-state index in [4.69, 9.17) is 21.4 Å². The highest BCUT2D eigenvalue weighted by molar-refractivity contribution is 5.82. The third kappa shape index (κ3) is 4.30. The van der Waals surface area contributed by atoms with E-state index in [1.54, 1.807) is 12.1 Å². The third-order valence-corrected chi connectivity index (χ3v) is 2.54. The van der Waals surface area contributed by atoms with Crippen LogP contribution in [0.2, 0.25) is 0 Å². The van der Waals surface area contributed by atoms with Gasteiger partial charge in [-0.25, -0.2) is 0 Å². The van der Waals surface area contributed by atoms with Gasteiger partial charge in [-0.05, 0) is 24.1 Å². The number of amides is 1. The maximum Gasteiger partial charge on any atom is 0.241 e. The van der Waals surface area contributed by atoms with Crippen LogP contribution in [0.15, 0.2) is 24.3 Å². The highest BCUT2D eigenvalue weighted by atomic mass is 16.3. The molecule has 1 rings (SSSR count). The number of phenols is 1. The van der Waals surface area contributed by atoms with Crippen molar-refractivity contribution >= 4 is 5.91 Å². The molecule has 1 aromatic carbocycles. The van der Waals surface area contributed by atoms with Crippen molar-refractivity contribution < 1.29 is 9.90 Å². The van der Waals surface area contributed by atoms with Gasteiger partial charge < -0.3 is 15.7 Å². The van der Waals surface area contributed by atoms with Gasteiger partial charge in [-0.1, -0.05) is 12.1 Å². The first-order chi connectivity index (χ1) is 9.08. The van der Waals surface area contributed by atoms with Gasteiger partial charge in [0.1, 0.15) is 18.8 Å². The summed E-state index contributed by atoms with van der Waals surface area (Å²) in [5, 5.41) is 26.3. The maximum absolute atomic E-state index is 11.9. The monoisotopic (exact) mass is 258 g/mol. The van der Waals surface area contributed by atoms with Gasteiger partial charge in [0, 0.05) is 0 Å². The Morgan fingerprint density at radius 3 is 2.26 bits per heavy atom. The number of nitriles is 2. The molecule has 98 valence electrons. The number of benzene rings is 1. The topological polar surface area (TPSA) is 114 Å². The van der Waals surface area contributed by atoms with Gasteiger partial charge in [0.05, 0.1) is 18.2 Å². The number of aromatic hydroxyl groups is 1. The van der Waals surface area contributed by atoms with Gasteiger partial charge in [0.25, 0.3) is 0 Å². The average molecular weight is 258 g/mol. The Morgan fingerprint density at radius 2 is 1.79 bits per heavy atom. The summed E-state index contributed by atoms with van der Waals surface area (Å²) in [4.78, 5) is 13.1. The Bertz CT molecular complexity index is 497. The van der Waals surface area contributed by atoms with Gasteiger partial charge in [-0.2, -0.15) is 10.5 Å². The molecular formula is C13H14N4O2. The molecule has 0 aliphatic heterocycles. The lowest BCUT2D eigenvalue weighted by Gasteiger charge is -2.20. The van der Waals surface area contributed by atoms with Crippen molar-refractivity contribution in [1.29, 1.82) is 10.5 Å². The van der Waals surface area contributed by atoms with Crippen molar-refractivity contribution in [1.82, 2.24) is 4.90 Å². The van der Waals surface area contributed by atoms with E-state index in [2.05, 4.69) is 0 Å².